The third kappa shape index (κ3) is 3.59. The van der Waals surface area contributed by atoms with Crippen LogP contribution in [-0.2, 0) is 6.54 Å². The van der Waals surface area contributed by atoms with E-state index in [1.807, 2.05) is 11.3 Å². The Morgan fingerprint density at radius 3 is 2.38 bits per heavy atom. The molecule has 4 heteroatoms. The minimum Gasteiger partial charge on any atom is -0.348 e. The van der Waals surface area contributed by atoms with Crippen molar-refractivity contribution in [2.45, 2.75) is 76.3 Å². The van der Waals surface area contributed by atoms with Crippen LogP contribution in [0.3, 0.4) is 0 Å². The Hall–Kier alpha value is -0.610. The Morgan fingerprint density at radius 2 is 1.71 bits per heavy atom. The first kappa shape index (κ1) is 14.0. The lowest BCUT2D eigenvalue weighted by Crippen LogP contribution is -2.26. The highest BCUT2D eigenvalue weighted by Crippen LogP contribution is 2.44. The minimum absolute atomic E-state index is 0.778. The van der Waals surface area contributed by atoms with Crippen LogP contribution in [0.1, 0.15) is 74.3 Å². The molecular formula is C17H27N3S. The second-order valence-electron chi connectivity index (χ2n) is 6.99. The van der Waals surface area contributed by atoms with E-state index in [1.54, 1.807) is 0 Å². The molecule has 2 aliphatic carbocycles. The van der Waals surface area contributed by atoms with Crippen molar-refractivity contribution in [3.63, 3.8) is 0 Å². The van der Waals surface area contributed by atoms with Gasteiger partial charge in [0.1, 0.15) is 0 Å². The molecule has 0 atom stereocenters. The maximum absolute atomic E-state index is 5.07. The maximum Gasteiger partial charge on any atom is 0.185 e. The van der Waals surface area contributed by atoms with Crippen LogP contribution >= 0.6 is 11.3 Å². The number of nitrogens with one attached hydrogen (secondary N) is 1. The molecule has 2 heterocycles. The summed E-state index contributed by atoms with van der Waals surface area (Å²) in [4.78, 5) is 9.17. The van der Waals surface area contributed by atoms with Gasteiger partial charge in [-0.05, 0) is 38.5 Å². The van der Waals surface area contributed by atoms with Crippen molar-refractivity contribution in [3.05, 3.63) is 10.6 Å². The minimum atomic E-state index is 0.778. The fourth-order valence-corrected chi connectivity index (χ4v) is 4.40. The normalized spacial score (nSPS) is 23.9. The summed E-state index contributed by atoms with van der Waals surface area (Å²) in [5.41, 5.74) is 1.44. The van der Waals surface area contributed by atoms with Gasteiger partial charge in [-0.3, -0.25) is 0 Å². The van der Waals surface area contributed by atoms with Crippen molar-refractivity contribution in [1.82, 2.24) is 10.3 Å². The molecule has 1 saturated heterocycles. The van der Waals surface area contributed by atoms with Crippen molar-refractivity contribution in [1.29, 1.82) is 0 Å². The molecule has 3 fully saturated rings. The molecule has 0 radical (unpaired) electrons. The van der Waals surface area contributed by atoms with Gasteiger partial charge in [-0.1, -0.05) is 19.3 Å². The Labute approximate surface area is 132 Å². The van der Waals surface area contributed by atoms with E-state index in [4.69, 9.17) is 4.98 Å². The predicted octanol–water partition coefficient (Wildman–Crippen LogP) is 4.04. The van der Waals surface area contributed by atoms with E-state index in [0.29, 0.717) is 0 Å². The summed E-state index contributed by atoms with van der Waals surface area (Å²) in [7, 11) is 0. The largest absolute Gasteiger partial charge is 0.348 e. The molecule has 116 valence electrons. The number of rotatable bonds is 5. The monoisotopic (exact) mass is 305 g/mol. The lowest BCUT2D eigenvalue weighted by molar-refractivity contribution is 0.555. The van der Waals surface area contributed by atoms with Gasteiger partial charge in [-0.25, -0.2) is 4.98 Å². The first-order valence-electron chi connectivity index (χ1n) is 8.88. The summed E-state index contributed by atoms with van der Waals surface area (Å²) in [5, 5.41) is 5.00. The molecule has 1 aromatic rings. The highest BCUT2D eigenvalue weighted by molar-refractivity contribution is 7.15. The summed E-state index contributed by atoms with van der Waals surface area (Å²) in [6.45, 7) is 3.49. The van der Waals surface area contributed by atoms with Gasteiger partial charge in [0.25, 0.3) is 0 Å². The molecule has 0 amide bonds. The molecule has 3 aliphatic rings. The van der Waals surface area contributed by atoms with Crippen LogP contribution in [0.2, 0.25) is 0 Å². The fourth-order valence-electron chi connectivity index (χ4n) is 3.25. The highest BCUT2D eigenvalue weighted by Gasteiger charge is 2.31. The van der Waals surface area contributed by atoms with Gasteiger partial charge < -0.3 is 10.2 Å². The smallest absolute Gasteiger partial charge is 0.185 e. The van der Waals surface area contributed by atoms with Crippen molar-refractivity contribution >= 4 is 16.5 Å². The number of nitrogens with zero attached hydrogens (tertiary/aromatic N) is 2. The molecule has 0 aromatic carbocycles. The second-order valence-corrected chi connectivity index (χ2v) is 8.05. The Kier molecular flexibility index (Phi) is 4.17. The lowest BCUT2D eigenvalue weighted by atomic mass is 10.1. The number of thiazole rings is 1. The Balaban J connectivity index is 1.48. The zero-order valence-electron chi connectivity index (χ0n) is 12.9. The average Bonchev–Trinajstić information content (AvgIpc) is 3.36. The van der Waals surface area contributed by atoms with E-state index in [9.17, 15) is 0 Å². The summed E-state index contributed by atoms with van der Waals surface area (Å²) >= 11 is 1.97. The maximum atomic E-state index is 5.07. The fraction of sp³-hybridized carbons (Fsp3) is 0.824. The van der Waals surface area contributed by atoms with Gasteiger partial charge in [0.2, 0.25) is 0 Å². The van der Waals surface area contributed by atoms with Crippen LogP contribution in [-0.4, -0.2) is 24.1 Å². The van der Waals surface area contributed by atoms with E-state index in [0.717, 1.165) is 18.5 Å². The molecule has 1 aromatic heterocycles. The number of hydrogen-bond donors (Lipinski definition) is 1. The van der Waals surface area contributed by atoms with Gasteiger partial charge in [-0.2, -0.15) is 0 Å². The molecule has 2 saturated carbocycles. The number of anilines is 1. The van der Waals surface area contributed by atoms with E-state index in [-0.39, 0.29) is 0 Å². The van der Waals surface area contributed by atoms with Crippen LogP contribution in [0.15, 0.2) is 0 Å². The molecule has 4 rings (SSSR count). The quantitative estimate of drug-likeness (QED) is 0.890. The van der Waals surface area contributed by atoms with Crippen LogP contribution < -0.4 is 10.2 Å². The lowest BCUT2D eigenvalue weighted by Gasteiger charge is -2.23. The van der Waals surface area contributed by atoms with E-state index in [2.05, 4.69) is 10.2 Å². The molecule has 0 unspecified atom stereocenters. The van der Waals surface area contributed by atoms with Gasteiger partial charge in [0.15, 0.2) is 5.13 Å². The van der Waals surface area contributed by atoms with Crippen LogP contribution in [0.5, 0.6) is 0 Å². The first-order valence-corrected chi connectivity index (χ1v) is 9.70. The van der Waals surface area contributed by atoms with E-state index >= 15 is 0 Å². The molecule has 1 aliphatic heterocycles. The van der Waals surface area contributed by atoms with Crippen molar-refractivity contribution in [2.75, 3.05) is 18.0 Å². The zero-order valence-corrected chi connectivity index (χ0v) is 13.8. The van der Waals surface area contributed by atoms with Crippen LogP contribution in [0.4, 0.5) is 5.13 Å². The summed E-state index contributed by atoms with van der Waals surface area (Å²) in [5.74, 6) is 0.778. The molecule has 0 spiro atoms. The Morgan fingerprint density at radius 1 is 1.00 bits per heavy atom. The topological polar surface area (TPSA) is 28.2 Å². The standard InChI is InChI=1S/C17H27N3S/c1-2-4-10-20(11-5-3-1)17-19-16(13-6-7-13)15(21-17)12-18-14-8-9-14/h13-14,18H,1-12H2. The van der Waals surface area contributed by atoms with E-state index < -0.39 is 0 Å². The van der Waals surface area contributed by atoms with E-state index in [1.165, 1.54) is 86.6 Å². The van der Waals surface area contributed by atoms with Crippen molar-refractivity contribution < 1.29 is 0 Å². The summed E-state index contributed by atoms with van der Waals surface area (Å²) in [6, 6.07) is 0.796. The molecular weight excluding hydrogens is 278 g/mol. The number of hydrogen-bond acceptors (Lipinski definition) is 4. The Bertz CT molecular complexity index is 468. The number of aromatic nitrogens is 1. The molecule has 1 N–H and O–H groups in total. The zero-order chi connectivity index (χ0) is 14.1. The average molecular weight is 305 g/mol. The summed E-state index contributed by atoms with van der Waals surface area (Å²) in [6.07, 6.45) is 12.4. The van der Waals surface area contributed by atoms with Crippen molar-refractivity contribution in [2.24, 2.45) is 0 Å². The SMILES string of the molecule is C1CCCN(c2nc(C3CC3)c(CNC3CC3)s2)CCC1. The van der Waals surface area contributed by atoms with Crippen LogP contribution in [0.25, 0.3) is 0 Å². The first-order chi connectivity index (χ1) is 10.4. The van der Waals surface area contributed by atoms with Gasteiger partial charge in [-0.15, -0.1) is 11.3 Å². The van der Waals surface area contributed by atoms with Crippen LogP contribution in [0, 0.1) is 0 Å². The van der Waals surface area contributed by atoms with Gasteiger partial charge in [0, 0.05) is 36.5 Å². The molecule has 21 heavy (non-hydrogen) atoms. The summed E-state index contributed by atoms with van der Waals surface area (Å²) < 4.78 is 0. The third-order valence-corrected chi connectivity index (χ3v) is 6.07. The molecule has 0 bridgehead atoms. The third-order valence-electron chi connectivity index (χ3n) is 4.94. The second kappa shape index (κ2) is 6.25. The van der Waals surface area contributed by atoms with Gasteiger partial charge in [0.05, 0.1) is 5.69 Å². The predicted molar refractivity (Wildman–Crippen MR) is 89.2 cm³/mol. The van der Waals surface area contributed by atoms with Crippen molar-refractivity contribution in [3.8, 4) is 0 Å². The highest BCUT2D eigenvalue weighted by atomic mass is 32.1. The molecule has 3 nitrogen and oxygen atoms in total. The van der Waals surface area contributed by atoms with Gasteiger partial charge >= 0.3 is 0 Å².